The van der Waals surface area contributed by atoms with E-state index in [1.54, 1.807) is 31.2 Å². The van der Waals surface area contributed by atoms with Crippen molar-refractivity contribution in [2.45, 2.75) is 13.3 Å². The summed E-state index contributed by atoms with van der Waals surface area (Å²) in [5.74, 6) is -1.76. The van der Waals surface area contributed by atoms with Gasteiger partial charge in [0.15, 0.2) is 0 Å². The Morgan fingerprint density at radius 3 is 2.70 bits per heavy atom. The van der Waals surface area contributed by atoms with Crippen molar-refractivity contribution in [3.63, 3.8) is 0 Å². The summed E-state index contributed by atoms with van der Waals surface area (Å²) < 4.78 is 13.8. The summed E-state index contributed by atoms with van der Waals surface area (Å²) in [6.07, 6.45) is 0.318. The van der Waals surface area contributed by atoms with Crippen LogP contribution in [0.3, 0.4) is 0 Å². The smallest absolute Gasteiger partial charge is 0.306 e. The highest BCUT2D eigenvalue weighted by molar-refractivity contribution is 6.31. The van der Waals surface area contributed by atoms with Gasteiger partial charge in [-0.2, -0.15) is 0 Å². The summed E-state index contributed by atoms with van der Waals surface area (Å²) in [4.78, 5) is 10.9. The summed E-state index contributed by atoms with van der Waals surface area (Å²) in [7, 11) is 0. The third-order valence-corrected chi connectivity index (χ3v) is 3.52. The number of allylic oxidation sites excluding steroid dienone is 1. The third-order valence-electron chi connectivity index (χ3n) is 3.28. The Labute approximate surface area is 121 Å². The van der Waals surface area contributed by atoms with Gasteiger partial charge in [-0.25, -0.2) is 4.39 Å². The molecule has 0 heterocycles. The van der Waals surface area contributed by atoms with Crippen LogP contribution in [0.25, 0.3) is 16.3 Å². The largest absolute Gasteiger partial charge is 0.481 e. The summed E-state index contributed by atoms with van der Waals surface area (Å²) in [6.45, 7) is 5.55. The third kappa shape index (κ3) is 2.83. The van der Waals surface area contributed by atoms with Crippen LogP contribution < -0.4 is 0 Å². The molecule has 0 spiro atoms. The van der Waals surface area contributed by atoms with Gasteiger partial charge >= 0.3 is 5.97 Å². The summed E-state index contributed by atoms with van der Waals surface area (Å²) in [6, 6.07) is 7.95. The number of carbonyl (C=O) groups is 1. The van der Waals surface area contributed by atoms with Crippen LogP contribution in [0.15, 0.2) is 36.9 Å². The SMILES string of the molecule is C=C(CC(C)C(=O)O)c1ccc(F)c2cc(Cl)ccc12. The first-order chi connectivity index (χ1) is 9.40. The molecule has 20 heavy (non-hydrogen) atoms. The van der Waals surface area contributed by atoms with Gasteiger partial charge in [0.1, 0.15) is 5.82 Å². The molecule has 0 saturated heterocycles. The maximum atomic E-state index is 13.8. The Balaban J connectivity index is 2.47. The minimum absolute atomic E-state index is 0.318. The van der Waals surface area contributed by atoms with Crippen molar-refractivity contribution < 1.29 is 14.3 Å². The number of carboxylic acids is 1. The number of hydrogen-bond donors (Lipinski definition) is 1. The zero-order valence-corrected chi connectivity index (χ0v) is 11.7. The first-order valence-corrected chi connectivity index (χ1v) is 6.56. The number of halogens is 2. The molecule has 0 fully saturated rings. The summed E-state index contributed by atoms with van der Waals surface area (Å²) in [5.41, 5.74) is 1.43. The fraction of sp³-hybridized carbons (Fsp3) is 0.188. The summed E-state index contributed by atoms with van der Waals surface area (Å²) in [5, 5.41) is 10.5. The fourth-order valence-corrected chi connectivity index (χ4v) is 2.33. The van der Waals surface area contributed by atoms with Crippen molar-refractivity contribution in [1.29, 1.82) is 0 Å². The lowest BCUT2D eigenvalue weighted by molar-refractivity contribution is -0.140. The van der Waals surface area contributed by atoms with Crippen LogP contribution in [-0.4, -0.2) is 11.1 Å². The van der Waals surface area contributed by atoms with Gasteiger partial charge in [-0.3, -0.25) is 4.79 Å². The lowest BCUT2D eigenvalue weighted by Crippen LogP contribution is -2.09. The van der Waals surface area contributed by atoms with E-state index in [4.69, 9.17) is 16.7 Å². The van der Waals surface area contributed by atoms with Crippen molar-refractivity contribution in [1.82, 2.24) is 0 Å². The minimum Gasteiger partial charge on any atom is -0.481 e. The molecule has 2 nitrogen and oxygen atoms in total. The molecule has 104 valence electrons. The highest BCUT2D eigenvalue weighted by Gasteiger charge is 2.15. The molecule has 0 amide bonds. The number of hydrogen-bond acceptors (Lipinski definition) is 1. The Kier molecular flexibility index (Phi) is 4.09. The minimum atomic E-state index is -0.874. The zero-order valence-electron chi connectivity index (χ0n) is 11.0. The van der Waals surface area contributed by atoms with Gasteiger partial charge in [-0.05, 0) is 41.1 Å². The van der Waals surface area contributed by atoms with Gasteiger partial charge < -0.3 is 5.11 Å². The lowest BCUT2D eigenvalue weighted by atomic mass is 9.93. The van der Waals surface area contributed by atoms with E-state index in [-0.39, 0.29) is 5.82 Å². The molecule has 0 bridgehead atoms. The van der Waals surface area contributed by atoms with Gasteiger partial charge in [0.2, 0.25) is 0 Å². The maximum absolute atomic E-state index is 13.8. The van der Waals surface area contributed by atoms with E-state index in [2.05, 4.69) is 6.58 Å². The first-order valence-electron chi connectivity index (χ1n) is 6.19. The number of benzene rings is 2. The van der Waals surface area contributed by atoms with Crippen LogP contribution in [0.2, 0.25) is 5.02 Å². The van der Waals surface area contributed by atoms with Gasteiger partial charge in [-0.1, -0.05) is 37.2 Å². The van der Waals surface area contributed by atoms with E-state index in [1.807, 2.05) is 0 Å². The number of rotatable bonds is 4. The van der Waals surface area contributed by atoms with Crippen LogP contribution in [-0.2, 0) is 4.79 Å². The van der Waals surface area contributed by atoms with Crippen LogP contribution >= 0.6 is 11.6 Å². The zero-order chi connectivity index (χ0) is 14.9. The lowest BCUT2D eigenvalue weighted by Gasteiger charge is -2.13. The second kappa shape index (κ2) is 5.63. The Morgan fingerprint density at radius 1 is 1.35 bits per heavy atom. The highest BCUT2D eigenvalue weighted by Crippen LogP contribution is 2.31. The molecule has 0 aromatic heterocycles. The monoisotopic (exact) mass is 292 g/mol. The molecule has 2 aromatic carbocycles. The number of carboxylic acid groups (broad SMARTS) is 1. The maximum Gasteiger partial charge on any atom is 0.306 e. The van der Waals surface area contributed by atoms with Gasteiger partial charge in [0.25, 0.3) is 0 Å². The van der Waals surface area contributed by atoms with E-state index in [9.17, 15) is 9.18 Å². The Bertz CT molecular complexity index is 694. The molecular formula is C16H14ClFO2. The van der Waals surface area contributed by atoms with E-state index in [0.717, 1.165) is 5.56 Å². The van der Waals surface area contributed by atoms with Gasteiger partial charge in [-0.15, -0.1) is 0 Å². The molecular weight excluding hydrogens is 279 g/mol. The molecule has 0 aliphatic heterocycles. The van der Waals surface area contributed by atoms with Crippen LogP contribution in [0.5, 0.6) is 0 Å². The van der Waals surface area contributed by atoms with Crippen LogP contribution in [0.1, 0.15) is 18.9 Å². The molecule has 0 radical (unpaired) electrons. The predicted octanol–water partition coefficient (Wildman–Crippen LogP) is 4.76. The van der Waals surface area contributed by atoms with Crippen LogP contribution in [0.4, 0.5) is 4.39 Å². The Morgan fingerprint density at radius 2 is 2.05 bits per heavy atom. The molecule has 0 aliphatic rings. The molecule has 0 aliphatic carbocycles. The van der Waals surface area contributed by atoms with Gasteiger partial charge in [0.05, 0.1) is 5.92 Å². The van der Waals surface area contributed by atoms with Gasteiger partial charge in [0, 0.05) is 10.4 Å². The predicted molar refractivity (Wildman–Crippen MR) is 79.4 cm³/mol. The normalized spacial score (nSPS) is 12.3. The second-order valence-electron chi connectivity index (χ2n) is 4.83. The topological polar surface area (TPSA) is 37.3 Å². The molecule has 1 unspecified atom stereocenters. The molecule has 2 rings (SSSR count). The molecule has 4 heteroatoms. The van der Waals surface area contributed by atoms with E-state index in [1.165, 1.54) is 6.07 Å². The van der Waals surface area contributed by atoms with Crippen LogP contribution in [0, 0.1) is 11.7 Å². The average Bonchev–Trinajstić information content (AvgIpc) is 2.39. The molecule has 2 aromatic rings. The quantitative estimate of drug-likeness (QED) is 0.882. The average molecular weight is 293 g/mol. The Hall–Kier alpha value is -1.87. The molecule has 1 atom stereocenters. The van der Waals surface area contributed by atoms with Crippen molar-refractivity contribution in [2.75, 3.05) is 0 Å². The highest BCUT2D eigenvalue weighted by atomic mass is 35.5. The summed E-state index contributed by atoms with van der Waals surface area (Å²) >= 11 is 5.88. The number of aliphatic carboxylic acids is 1. The second-order valence-corrected chi connectivity index (χ2v) is 5.27. The van der Waals surface area contributed by atoms with E-state index < -0.39 is 11.9 Å². The van der Waals surface area contributed by atoms with E-state index >= 15 is 0 Å². The van der Waals surface area contributed by atoms with Crippen molar-refractivity contribution >= 4 is 33.9 Å². The first kappa shape index (κ1) is 14.5. The van der Waals surface area contributed by atoms with Crippen molar-refractivity contribution in [3.8, 4) is 0 Å². The van der Waals surface area contributed by atoms with Crippen molar-refractivity contribution in [2.24, 2.45) is 5.92 Å². The molecule has 1 N–H and O–H groups in total. The number of fused-ring (bicyclic) bond motifs is 1. The fourth-order valence-electron chi connectivity index (χ4n) is 2.16. The standard InChI is InChI=1S/C16H14ClFO2/c1-9(7-10(2)16(19)20)12-5-6-15(18)14-8-11(17)3-4-13(12)14/h3-6,8,10H,1,7H2,2H3,(H,19,20). The van der Waals surface area contributed by atoms with Crippen molar-refractivity contribution in [3.05, 3.63) is 53.3 Å². The molecule has 0 saturated carbocycles. The van der Waals surface area contributed by atoms with E-state index in [0.29, 0.717) is 27.8 Å².